The van der Waals surface area contributed by atoms with Gasteiger partial charge in [-0.05, 0) is 97.4 Å². The van der Waals surface area contributed by atoms with E-state index in [0.717, 1.165) is 133 Å². The molecule has 0 fully saturated rings. The Morgan fingerprint density at radius 3 is 1.23 bits per heavy atom. The van der Waals surface area contributed by atoms with Gasteiger partial charge in [-0.25, -0.2) is 19.9 Å². The molecule has 0 unspecified atom stereocenters. The minimum atomic E-state index is 0.397. The van der Waals surface area contributed by atoms with Crippen molar-refractivity contribution in [2.75, 3.05) is 0 Å². The summed E-state index contributed by atoms with van der Waals surface area (Å²) in [7, 11) is 0. The number of para-hydroxylation sites is 2. The maximum absolute atomic E-state index is 5.69. The molecule has 8 aromatic carbocycles. The third kappa shape index (κ3) is 12.1. The van der Waals surface area contributed by atoms with E-state index in [4.69, 9.17) is 14.5 Å². The van der Waals surface area contributed by atoms with Gasteiger partial charge >= 0.3 is 0 Å². The fourth-order valence-electron chi connectivity index (χ4n) is 9.14. The number of hydrogen-bond donors (Lipinski definition) is 4. The van der Waals surface area contributed by atoms with Crippen molar-refractivity contribution in [3.8, 4) is 22.8 Å². The van der Waals surface area contributed by atoms with Crippen LogP contribution in [0.2, 0.25) is 0 Å². The van der Waals surface area contributed by atoms with E-state index < -0.39 is 0 Å². The van der Waals surface area contributed by atoms with Gasteiger partial charge in [-0.1, -0.05) is 78.9 Å². The van der Waals surface area contributed by atoms with Gasteiger partial charge in [0.15, 0.2) is 0 Å². The minimum absolute atomic E-state index is 0.397. The van der Waals surface area contributed by atoms with Crippen LogP contribution in [-0.2, 0) is 19.0 Å². The summed E-state index contributed by atoms with van der Waals surface area (Å²) in [6.07, 6.45) is 14.3. The summed E-state index contributed by atoms with van der Waals surface area (Å²) in [6, 6.07) is 53.8. The summed E-state index contributed by atoms with van der Waals surface area (Å²) < 4.78 is 11.4. The normalized spacial score (nSPS) is 11.1. The Hall–Kier alpha value is -11.1. The zero-order chi connectivity index (χ0) is 55.7. The van der Waals surface area contributed by atoms with Gasteiger partial charge in [0, 0.05) is 44.0 Å². The monoisotopic (exact) mass is 1100 g/mol. The van der Waals surface area contributed by atoms with Crippen LogP contribution in [0.1, 0.15) is 22.6 Å². The Balaban J connectivity index is 0.000000104. The average Bonchev–Trinajstić information content (AvgIpc) is 4.51. The fraction of sp³-hybridized carbons (Fsp3) is 0.0625. The van der Waals surface area contributed by atoms with Gasteiger partial charge in [-0.3, -0.25) is 40.3 Å². The number of ether oxygens (including phenoxy) is 2. The molecule has 0 amide bonds. The lowest BCUT2D eigenvalue weighted by Gasteiger charge is -2.06. The zero-order valence-corrected chi connectivity index (χ0v) is 45.2. The number of aryl methyl sites for hydroxylation is 1. The summed E-state index contributed by atoms with van der Waals surface area (Å²) in [5.74, 6) is 2.46. The molecule has 402 valence electrons. The van der Waals surface area contributed by atoms with Gasteiger partial charge in [-0.2, -0.15) is 20.4 Å². The van der Waals surface area contributed by atoms with Crippen LogP contribution in [-0.4, -0.2) is 80.7 Å². The second-order valence-electron chi connectivity index (χ2n) is 19.2. The molecule has 0 atom stereocenters. The lowest BCUT2D eigenvalue weighted by atomic mass is 10.1. The molecule has 0 radical (unpaired) electrons. The molecule has 19 heteroatoms. The first-order chi connectivity index (χ1) is 41.0. The second-order valence-corrected chi connectivity index (χ2v) is 20.2. The van der Waals surface area contributed by atoms with E-state index in [2.05, 4.69) is 107 Å². The molecule has 0 saturated heterocycles. The Morgan fingerprint density at radius 1 is 0.361 bits per heavy atom. The van der Waals surface area contributed by atoms with E-state index >= 15 is 0 Å². The fourth-order valence-corrected chi connectivity index (χ4v) is 9.94. The molecule has 4 N–H and O–H groups in total. The lowest BCUT2D eigenvalue weighted by Crippen LogP contribution is -1.99. The number of hydrogen-bond acceptors (Lipinski definition) is 15. The lowest BCUT2D eigenvalue weighted by molar-refractivity contribution is 0.301. The number of fused-ring (bicyclic) bond motifs is 8. The van der Waals surface area contributed by atoms with Crippen LogP contribution in [0.25, 0.3) is 99.0 Å². The standard InChI is InChI=1S/2C16H12N4O.C16H12N4S.C16H12N4/c1-2-4-13(5-3-1)21-10-12-9-17-15-7-14-11(8-18-20-14)6-16(15)19-12;2*1-2-4-13(5-3-1)21-10-12-9-17-15-6-11-8-18-20-14(11)7-16(15)19-12;1-10-4-2-3-5-12(10)16-9-17-14-7-13-11(8-18-20-13)6-15(14)19-16/h3*1-9H,10H2,(H,18,20);2-9H,1H3,(H,18,20). The van der Waals surface area contributed by atoms with E-state index in [1.807, 2.05) is 152 Å². The van der Waals surface area contributed by atoms with Crippen molar-refractivity contribution in [1.82, 2.24) is 80.7 Å². The van der Waals surface area contributed by atoms with Crippen LogP contribution in [0, 0.1) is 6.92 Å². The van der Waals surface area contributed by atoms with Crippen LogP contribution in [0.5, 0.6) is 11.5 Å². The van der Waals surface area contributed by atoms with Crippen LogP contribution < -0.4 is 9.47 Å². The van der Waals surface area contributed by atoms with Crippen molar-refractivity contribution >= 4 is 99.5 Å². The molecule has 8 heterocycles. The number of benzene rings is 8. The molecule has 16 aromatic rings. The Morgan fingerprint density at radius 2 is 0.735 bits per heavy atom. The van der Waals surface area contributed by atoms with Gasteiger partial charge in [0.1, 0.15) is 24.7 Å². The summed E-state index contributed by atoms with van der Waals surface area (Å²) in [4.78, 5) is 37.7. The number of thioether (sulfide) groups is 1. The Kier molecular flexibility index (Phi) is 14.7. The van der Waals surface area contributed by atoms with Crippen molar-refractivity contribution in [1.29, 1.82) is 0 Å². The van der Waals surface area contributed by atoms with E-state index in [-0.39, 0.29) is 0 Å². The van der Waals surface area contributed by atoms with Gasteiger partial charge in [0.2, 0.25) is 0 Å². The Labute approximate surface area is 476 Å². The highest BCUT2D eigenvalue weighted by Gasteiger charge is 2.10. The summed E-state index contributed by atoms with van der Waals surface area (Å²) in [6.45, 7) is 2.88. The molecular formula is C64H48N16O2S. The largest absolute Gasteiger partial charge is 0.487 e. The van der Waals surface area contributed by atoms with Crippen LogP contribution in [0.4, 0.5) is 0 Å². The van der Waals surface area contributed by atoms with Gasteiger partial charge in [0.25, 0.3) is 0 Å². The van der Waals surface area contributed by atoms with Gasteiger partial charge < -0.3 is 9.47 Å². The number of nitrogens with zero attached hydrogens (tertiary/aromatic N) is 12. The molecule has 0 aliphatic heterocycles. The molecule has 16 rings (SSSR count). The van der Waals surface area contributed by atoms with Crippen LogP contribution in [0.15, 0.2) is 218 Å². The number of nitrogens with one attached hydrogen (secondary N) is 4. The molecular weight excluding hydrogens is 1060 g/mol. The molecule has 0 saturated carbocycles. The Bertz CT molecular complexity index is 4500. The SMILES string of the molecule is Cc1ccccc1-c1cnc2cc3[nH]ncc3cc2n1.c1ccc(OCc2cnc3cc4[nH]ncc4cc3n2)cc1.c1ccc(OCc2cnc3cc4cn[nH]c4cc3n2)cc1.c1ccc(SCc2cnc3cc4cn[nH]c4cc3n2)cc1. The molecule has 18 nitrogen and oxygen atoms in total. The van der Waals surface area contributed by atoms with E-state index in [9.17, 15) is 0 Å². The predicted octanol–water partition coefficient (Wildman–Crippen LogP) is 13.5. The topological polar surface area (TPSA) is 236 Å². The van der Waals surface area contributed by atoms with Crippen LogP contribution >= 0.6 is 11.8 Å². The number of H-pyrrole nitrogens is 4. The highest BCUT2D eigenvalue weighted by atomic mass is 32.2. The first kappa shape index (κ1) is 51.4. The van der Waals surface area contributed by atoms with Crippen molar-refractivity contribution < 1.29 is 9.47 Å². The second kappa shape index (κ2) is 23.7. The van der Waals surface area contributed by atoms with Crippen molar-refractivity contribution in [2.45, 2.75) is 30.8 Å². The summed E-state index contributed by atoms with van der Waals surface area (Å²) >= 11 is 1.76. The van der Waals surface area contributed by atoms with Crippen molar-refractivity contribution in [3.05, 3.63) is 236 Å². The summed E-state index contributed by atoms with van der Waals surface area (Å²) in [5, 5.41) is 32.1. The zero-order valence-electron chi connectivity index (χ0n) is 44.4. The van der Waals surface area contributed by atoms with Gasteiger partial charge in [0.05, 0.1) is 132 Å². The molecule has 83 heavy (non-hydrogen) atoms. The van der Waals surface area contributed by atoms with Crippen molar-refractivity contribution in [2.24, 2.45) is 0 Å². The quantitative estimate of drug-likeness (QED) is 0.0932. The number of rotatable bonds is 10. The third-order valence-corrected chi connectivity index (χ3v) is 14.4. The minimum Gasteiger partial charge on any atom is -0.487 e. The first-order valence-electron chi connectivity index (χ1n) is 26.4. The van der Waals surface area contributed by atoms with E-state index in [1.54, 1.807) is 48.9 Å². The molecule has 0 aliphatic rings. The maximum Gasteiger partial charge on any atom is 0.132 e. The highest BCUT2D eigenvalue weighted by molar-refractivity contribution is 7.98. The van der Waals surface area contributed by atoms with Gasteiger partial charge in [-0.15, -0.1) is 11.8 Å². The summed E-state index contributed by atoms with van der Waals surface area (Å²) in [5.41, 5.74) is 16.6. The number of aromatic nitrogens is 16. The molecule has 8 aromatic heterocycles. The first-order valence-corrected chi connectivity index (χ1v) is 27.4. The van der Waals surface area contributed by atoms with Crippen LogP contribution in [0.3, 0.4) is 0 Å². The highest BCUT2D eigenvalue weighted by Crippen LogP contribution is 2.27. The molecule has 0 spiro atoms. The van der Waals surface area contributed by atoms with Crippen molar-refractivity contribution in [3.63, 3.8) is 0 Å². The maximum atomic E-state index is 5.69. The smallest absolute Gasteiger partial charge is 0.132 e. The molecule has 0 aliphatic carbocycles. The van der Waals surface area contributed by atoms with E-state index in [0.29, 0.717) is 13.2 Å². The third-order valence-electron chi connectivity index (χ3n) is 13.4. The van der Waals surface area contributed by atoms with E-state index in [1.165, 1.54) is 10.5 Å². The predicted molar refractivity (Wildman–Crippen MR) is 324 cm³/mol. The molecule has 0 bridgehead atoms. The average molecular weight is 1110 g/mol. The number of aromatic amines is 4.